The van der Waals surface area contributed by atoms with Crippen LogP contribution in [0.15, 0.2) is 0 Å². The number of hydrogen-bond acceptors (Lipinski definition) is 1. The molecule has 4 heteroatoms. The maximum atomic E-state index is 4.87. The second-order valence-corrected chi connectivity index (χ2v) is 1.75. The predicted molar refractivity (Wildman–Crippen MR) is 30.6 cm³/mol. The lowest BCUT2D eigenvalue weighted by atomic mass is 11.5. The van der Waals surface area contributed by atoms with E-state index in [1.54, 1.807) is 0 Å². The van der Waals surface area contributed by atoms with Gasteiger partial charge in [0.25, 0.3) is 0 Å². The Bertz CT molecular complexity index is 44.9. The second kappa shape index (κ2) is 2.75. The molecule has 0 atom stereocenters. The highest BCUT2D eigenvalue weighted by Gasteiger charge is 1.70. The fraction of sp³-hybridized carbons (Fsp3) is 0. The Morgan fingerprint density at radius 3 is 2.20 bits per heavy atom. The molecule has 1 nitrogen and oxygen atoms in total. The molecule has 0 rings (SSSR count). The molecule has 0 unspecified atom stereocenters. The van der Waals surface area contributed by atoms with E-state index in [1.807, 2.05) is 0 Å². The summed E-state index contributed by atoms with van der Waals surface area (Å²) >= 11 is 12.8. The molecule has 0 aliphatic rings. The lowest BCUT2D eigenvalue weighted by Crippen LogP contribution is -1.97. The van der Waals surface area contributed by atoms with E-state index in [-0.39, 0.29) is 0 Å². The van der Waals surface area contributed by atoms with Crippen LogP contribution in [0.4, 0.5) is 0 Å². The largest absolute Gasteiger partial charge is 0.284 e. The van der Waals surface area contributed by atoms with Crippen LogP contribution in [0, 0.1) is 0 Å². The summed E-state index contributed by atoms with van der Waals surface area (Å²) in [5.74, 6) is 0. The van der Waals surface area contributed by atoms with Crippen LogP contribution in [0.1, 0.15) is 0 Å². The van der Waals surface area contributed by atoms with Crippen molar-refractivity contribution >= 4 is 40.9 Å². The third-order valence-corrected chi connectivity index (χ3v) is 0.728. The molecule has 0 aromatic heterocycles. The molecule has 0 aromatic carbocycles. The smallest absolute Gasteiger partial charge is 0.145 e. The number of nitrogens with one attached hydrogen (secondary N) is 1. The van der Waals surface area contributed by atoms with E-state index in [9.17, 15) is 0 Å². The first-order valence-electron chi connectivity index (χ1n) is 0.867. The topological polar surface area (TPSA) is 12.0 Å². The first-order valence-corrected chi connectivity index (χ1v) is 2.10. The van der Waals surface area contributed by atoms with Gasteiger partial charge >= 0.3 is 0 Å². The van der Waals surface area contributed by atoms with Crippen LogP contribution in [0.5, 0.6) is 0 Å². The zero-order chi connectivity index (χ0) is 4.28. The molecule has 30 valence electrons. The molecule has 0 amide bonds. The molecule has 0 fully saturated rings. The highest BCUT2D eigenvalue weighted by atomic mass is 35.5. The van der Waals surface area contributed by atoms with Crippen molar-refractivity contribution < 1.29 is 0 Å². The van der Waals surface area contributed by atoms with Crippen molar-refractivity contribution in [2.24, 2.45) is 0 Å². The quantitative estimate of drug-likeness (QED) is 0.286. The summed E-state index contributed by atoms with van der Waals surface area (Å²) in [5, 5.41) is 0. The lowest BCUT2D eigenvalue weighted by molar-refractivity contribution is 1.62. The fourth-order valence-electron chi connectivity index (χ4n) is 0. The number of hydrogen-bond donors (Lipinski definition) is 2. The molecule has 0 saturated carbocycles. The lowest BCUT2D eigenvalue weighted by Gasteiger charge is -1.79. The Morgan fingerprint density at radius 1 is 2.00 bits per heavy atom. The molecule has 0 bridgehead atoms. The van der Waals surface area contributed by atoms with Crippen molar-refractivity contribution in [1.82, 2.24) is 4.84 Å². The standard InChI is InChI=1S/CH2ClNS2/c2-3-1(4)5/h(H2,3,4,5). The zero-order valence-electron chi connectivity index (χ0n) is 2.23. The molecular weight excluding hydrogens is 126 g/mol. The number of rotatable bonds is 0. The van der Waals surface area contributed by atoms with Gasteiger partial charge < -0.3 is 0 Å². The van der Waals surface area contributed by atoms with Crippen LogP contribution in [-0.2, 0) is 0 Å². The van der Waals surface area contributed by atoms with E-state index in [2.05, 4.69) is 29.7 Å². The summed E-state index contributed by atoms with van der Waals surface area (Å²) in [7, 11) is 0. The summed E-state index contributed by atoms with van der Waals surface area (Å²) in [6.45, 7) is 0. The van der Waals surface area contributed by atoms with Gasteiger partial charge in [0.1, 0.15) is 4.32 Å². The Hall–Kier alpha value is 0.530. The fourth-order valence-corrected chi connectivity index (χ4v) is 0. The molecule has 1 N–H and O–H groups in total. The van der Waals surface area contributed by atoms with Gasteiger partial charge in [-0.15, -0.1) is 12.6 Å². The second-order valence-electron chi connectivity index (χ2n) is 0.400. The highest BCUT2D eigenvalue weighted by Crippen LogP contribution is 1.75. The van der Waals surface area contributed by atoms with Crippen LogP contribution in [0.25, 0.3) is 0 Å². The van der Waals surface area contributed by atoms with Crippen molar-refractivity contribution in [2.45, 2.75) is 0 Å². The average molecular weight is 128 g/mol. The third-order valence-electron chi connectivity index (χ3n) is 0.0808. The van der Waals surface area contributed by atoms with E-state index in [0.717, 1.165) is 0 Å². The minimum Gasteiger partial charge on any atom is -0.284 e. The van der Waals surface area contributed by atoms with E-state index in [0.29, 0.717) is 4.32 Å². The van der Waals surface area contributed by atoms with Crippen LogP contribution in [0.3, 0.4) is 0 Å². The monoisotopic (exact) mass is 127 g/mol. The van der Waals surface area contributed by atoms with Gasteiger partial charge in [-0.25, -0.2) is 0 Å². The summed E-state index contributed by atoms with van der Waals surface area (Å²) in [4.78, 5) is 2.10. The van der Waals surface area contributed by atoms with Gasteiger partial charge in [-0.3, -0.25) is 4.84 Å². The van der Waals surface area contributed by atoms with Gasteiger partial charge in [-0.1, -0.05) is 12.2 Å². The van der Waals surface area contributed by atoms with Crippen LogP contribution in [-0.4, -0.2) is 4.32 Å². The van der Waals surface area contributed by atoms with Gasteiger partial charge in [0, 0.05) is 11.8 Å². The van der Waals surface area contributed by atoms with Crippen LogP contribution in [0.2, 0.25) is 0 Å². The maximum absolute atomic E-state index is 4.87. The Kier molecular flexibility index (Phi) is 3.04. The van der Waals surface area contributed by atoms with Gasteiger partial charge in [0.05, 0.1) is 0 Å². The molecule has 0 aliphatic heterocycles. The Balaban J connectivity index is 2.85. The van der Waals surface area contributed by atoms with E-state index >= 15 is 0 Å². The maximum Gasteiger partial charge on any atom is 0.145 e. The molecule has 0 aromatic rings. The normalized spacial score (nSPS) is 6.80. The minimum atomic E-state index is 0.298. The van der Waals surface area contributed by atoms with Crippen molar-refractivity contribution in [3.8, 4) is 0 Å². The van der Waals surface area contributed by atoms with E-state index < -0.39 is 0 Å². The molecular formula is CH2ClNS2. The van der Waals surface area contributed by atoms with E-state index in [1.165, 1.54) is 0 Å². The van der Waals surface area contributed by atoms with Gasteiger partial charge in [0.2, 0.25) is 0 Å². The van der Waals surface area contributed by atoms with Gasteiger partial charge in [-0.2, -0.15) is 0 Å². The van der Waals surface area contributed by atoms with Crippen molar-refractivity contribution in [3.63, 3.8) is 0 Å². The summed E-state index contributed by atoms with van der Waals surface area (Å²) in [5.41, 5.74) is 0. The number of thiocarbonyl (C=S) groups is 1. The predicted octanol–water partition coefficient (Wildman–Crippen LogP) is 0.944. The molecule has 0 saturated heterocycles. The molecule has 0 aliphatic carbocycles. The summed E-state index contributed by atoms with van der Waals surface area (Å²) < 4.78 is 0.298. The molecule has 0 heterocycles. The number of halogens is 1. The zero-order valence-corrected chi connectivity index (χ0v) is 4.70. The summed E-state index contributed by atoms with van der Waals surface area (Å²) in [6.07, 6.45) is 0. The van der Waals surface area contributed by atoms with Gasteiger partial charge in [0.15, 0.2) is 0 Å². The highest BCUT2D eigenvalue weighted by molar-refractivity contribution is 8.11. The Morgan fingerprint density at radius 2 is 2.20 bits per heavy atom. The van der Waals surface area contributed by atoms with Crippen molar-refractivity contribution in [2.75, 3.05) is 0 Å². The minimum absolute atomic E-state index is 0.298. The first kappa shape index (κ1) is 5.53. The molecule has 0 radical (unpaired) electrons. The van der Waals surface area contributed by atoms with Crippen molar-refractivity contribution in [1.29, 1.82) is 0 Å². The first-order chi connectivity index (χ1) is 2.27. The molecule has 0 spiro atoms. The number of thiol groups is 1. The van der Waals surface area contributed by atoms with E-state index in [4.69, 9.17) is 11.8 Å². The average Bonchev–Trinajstić information content (AvgIpc) is 1.38. The summed E-state index contributed by atoms with van der Waals surface area (Å²) in [6, 6.07) is 0. The third kappa shape index (κ3) is 4.53. The molecule has 5 heavy (non-hydrogen) atoms. The van der Waals surface area contributed by atoms with Gasteiger partial charge in [-0.05, 0) is 0 Å². The van der Waals surface area contributed by atoms with Crippen LogP contribution < -0.4 is 4.84 Å². The SMILES string of the molecule is S=C(S)NCl. The van der Waals surface area contributed by atoms with Crippen molar-refractivity contribution in [3.05, 3.63) is 0 Å². The van der Waals surface area contributed by atoms with Crippen LogP contribution >= 0.6 is 36.6 Å². The Labute approximate surface area is 46.2 Å².